The highest BCUT2D eigenvalue weighted by molar-refractivity contribution is 6.33. The monoisotopic (exact) mass is 362 g/mol. The van der Waals surface area contributed by atoms with Gasteiger partial charge in [-0.1, -0.05) is 41.4 Å². The van der Waals surface area contributed by atoms with Crippen LogP contribution in [0, 0.1) is 12.8 Å². The normalized spacial score (nSPS) is 17.2. The standard InChI is InChI=1S/C18H16Cl2N2O2/c1-11-6-7-13(9-15(11)20)22-10-12(8-17(22)23)18(24)21-16-5-3-2-4-14(16)19/h2-7,9,12H,8,10H2,1H3,(H,21,24)/t12-/m0/s1. The first-order chi connectivity index (χ1) is 11.5. The molecular formula is C18H16Cl2N2O2. The van der Waals surface area contributed by atoms with Gasteiger partial charge in [0, 0.05) is 23.7 Å². The van der Waals surface area contributed by atoms with E-state index >= 15 is 0 Å². The third-order valence-corrected chi connectivity index (χ3v) is 4.83. The van der Waals surface area contributed by atoms with Crippen molar-refractivity contribution in [2.75, 3.05) is 16.8 Å². The Morgan fingerprint density at radius 3 is 2.62 bits per heavy atom. The molecule has 2 amide bonds. The van der Waals surface area contributed by atoms with Crippen LogP contribution in [0.2, 0.25) is 10.0 Å². The van der Waals surface area contributed by atoms with E-state index in [1.54, 1.807) is 35.2 Å². The molecule has 24 heavy (non-hydrogen) atoms. The van der Waals surface area contributed by atoms with Gasteiger partial charge in [-0.3, -0.25) is 9.59 Å². The molecular weight excluding hydrogens is 347 g/mol. The van der Waals surface area contributed by atoms with Crippen LogP contribution in [0.15, 0.2) is 42.5 Å². The minimum absolute atomic E-state index is 0.0887. The van der Waals surface area contributed by atoms with E-state index in [2.05, 4.69) is 5.32 Å². The lowest BCUT2D eigenvalue weighted by Gasteiger charge is -2.17. The van der Waals surface area contributed by atoms with Crippen molar-refractivity contribution in [1.82, 2.24) is 0 Å². The van der Waals surface area contributed by atoms with Gasteiger partial charge in [0.25, 0.3) is 0 Å². The highest BCUT2D eigenvalue weighted by Gasteiger charge is 2.35. The number of halogens is 2. The fourth-order valence-corrected chi connectivity index (χ4v) is 3.04. The van der Waals surface area contributed by atoms with Crippen molar-refractivity contribution in [2.24, 2.45) is 5.92 Å². The number of hydrogen-bond acceptors (Lipinski definition) is 2. The molecule has 1 heterocycles. The second-order valence-corrected chi connectivity index (χ2v) is 6.62. The Balaban J connectivity index is 1.73. The summed E-state index contributed by atoms with van der Waals surface area (Å²) in [5, 5.41) is 3.86. The summed E-state index contributed by atoms with van der Waals surface area (Å²) in [4.78, 5) is 26.3. The van der Waals surface area contributed by atoms with Crippen molar-refractivity contribution in [3.8, 4) is 0 Å². The van der Waals surface area contributed by atoms with Crippen LogP contribution in [0.5, 0.6) is 0 Å². The first kappa shape index (κ1) is 16.8. The molecule has 1 atom stereocenters. The first-order valence-corrected chi connectivity index (χ1v) is 8.33. The summed E-state index contributed by atoms with van der Waals surface area (Å²) >= 11 is 12.2. The maximum atomic E-state index is 12.4. The molecule has 124 valence electrons. The lowest BCUT2D eigenvalue weighted by molar-refractivity contribution is -0.122. The number of aryl methyl sites for hydroxylation is 1. The molecule has 1 N–H and O–H groups in total. The maximum absolute atomic E-state index is 12.4. The second-order valence-electron chi connectivity index (χ2n) is 5.81. The molecule has 6 heteroatoms. The zero-order chi connectivity index (χ0) is 17.3. The van der Waals surface area contributed by atoms with Gasteiger partial charge >= 0.3 is 0 Å². The number of nitrogens with one attached hydrogen (secondary N) is 1. The number of para-hydroxylation sites is 1. The van der Waals surface area contributed by atoms with Crippen LogP contribution in [0.25, 0.3) is 0 Å². The summed E-state index contributed by atoms with van der Waals surface area (Å²) in [6, 6.07) is 12.5. The average Bonchev–Trinajstić information content (AvgIpc) is 2.94. The third-order valence-electron chi connectivity index (χ3n) is 4.09. The molecule has 1 aliphatic rings. The lowest BCUT2D eigenvalue weighted by Crippen LogP contribution is -2.28. The van der Waals surface area contributed by atoms with Crippen molar-refractivity contribution in [1.29, 1.82) is 0 Å². The van der Waals surface area contributed by atoms with Crippen LogP contribution in [-0.4, -0.2) is 18.4 Å². The van der Waals surface area contributed by atoms with Crippen LogP contribution >= 0.6 is 23.2 Å². The van der Waals surface area contributed by atoms with Crippen LogP contribution in [0.4, 0.5) is 11.4 Å². The van der Waals surface area contributed by atoms with E-state index in [1.807, 2.05) is 19.1 Å². The Labute approximate surface area is 150 Å². The number of benzene rings is 2. The molecule has 3 rings (SSSR count). The van der Waals surface area contributed by atoms with Gasteiger partial charge in [0.2, 0.25) is 11.8 Å². The van der Waals surface area contributed by atoms with Crippen LogP contribution in [0.1, 0.15) is 12.0 Å². The van der Waals surface area contributed by atoms with Gasteiger partial charge in [-0.05, 0) is 36.8 Å². The van der Waals surface area contributed by atoms with Gasteiger partial charge in [-0.15, -0.1) is 0 Å². The number of carbonyl (C=O) groups excluding carboxylic acids is 2. The molecule has 0 bridgehead atoms. The zero-order valence-corrected chi connectivity index (χ0v) is 14.6. The SMILES string of the molecule is Cc1ccc(N2C[C@@H](C(=O)Nc3ccccc3Cl)CC2=O)cc1Cl. The Kier molecular flexibility index (Phi) is 4.78. The van der Waals surface area contributed by atoms with Gasteiger partial charge in [0.15, 0.2) is 0 Å². The molecule has 0 radical (unpaired) electrons. The molecule has 1 aliphatic heterocycles. The van der Waals surface area contributed by atoms with Gasteiger partial charge in [-0.25, -0.2) is 0 Å². The van der Waals surface area contributed by atoms with Crippen molar-refractivity contribution >= 4 is 46.4 Å². The summed E-state index contributed by atoms with van der Waals surface area (Å²) in [6.07, 6.45) is 0.168. The Hall–Kier alpha value is -2.04. The molecule has 2 aromatic rings. The van der Waals surface area contributed by atoms with E-state index in [-0.39, 0.29) is 18.2 Å². The summed E-state index contributed by atoms with van der Waals surface area (Å²) in [7, 11) is 0. The van der Waals surface area contributed by atoms with Gasteiger partial charge < -0.3 is 10.2 Å². The van der Waals surface area contributed by atoms with Crippen molar-refractivity contribution in [3.63, 3.8) is 0 Å². The van der Waals surface area contributed by atoms with Crippen molar-refractivity contribution in [3.05, 3.63) is 58.1 Å². The second kappa shape index (κ2) is 6.83. The van der Waals surface area contributed by atoms with E-state index in [9.17, 15) is 9.59 Å². The topological polar surface area (TPSA) is 49.4 Å². The fourth-order valence-electron chi connectivity index (χ4n) is 2.68. The molecule has 0 spiro atoms. The number of rotatable bonds is 3. The van der Waals surface area contributed by atoms with Crippen molar-refractivity contribution in [2.45, 2.75) is 13.3 Å². The highest BCUT2D eigenvalue weighted by atomic mass is 35.5. The quantitative estimate of drug-likeness (QED) is 0.884. The van der Waals surface area contributed by atoms with Crippen LogP contribution in [0.3, 0.4) is 0 Å². The molecule has 0 aliphatic carbocycles. The van der Waals surface area contributed by atoms with Crippen LogP contribution < -0.4 is 10.2 Å². The summed E-state index contributed by atoms with van der Waals surface area (Å²) in [6.45, 7) is 2.23. The lowest BCUT2D eigenvalue weighted by atomic mass is 10.1. The minimum Gasteiger partial charge on any atom is -0.324 e. The van der Waals surface area contributed by atoms with E-state index < -0.39 is 5.92 Å². The minimum atomic E-state index is -0.422. The molecule has 0 unspecified atom stereocenters. The predicted octanol–water partition coefficient (Wildman–Crippen LogP) is 4.29. The third kappa shape index (κ3) is 3.40. The average molecular weight is 363 g/mol. The number of nitrogens with zero attached hydrogens (tertiary/aromatic N) is 1. The number of carbonyl (C=O) groups is 2. The summed E-state index contributed by atoms with van der Waals surface area (Å²) in [5.41, 5.74) is 2.21. The smallest absolute Gasteiger partial charge is 0.229 e. The van der Waals surface area contributed by atoms with Gasteiger partial charge in [0.1, 0.15) is 0 Å². The van der Waals surface area contributed by atoms with Crippen LogP contribution in [-0.2, 0) is 9.59 Å². The van der Waals surface area contributed by atoms with Crippen molar-refractivity contribution < 1.29 is 9.59 Å². The molecule has 4 nitrogen and oxygen atoms in total. The van der Waals surface area contributed by atoms with E-state index in [0.717, 1.165) is 5.56 Å². The number of hydrogen-bond donors (Lipinski definition) is 1. The summed E-state index contributed by atoms with van der Waals surface area (Å²) < 4.78 is 0. The Morgan fingerprint density at radius 2 is 1.92 bits per heavy atom. The fraction of sp³-hybridized carbons (Fsp3) is 0.222. The molecule has 0 aromatic heterocycles. The predicted molar refractivity (Wildman–Crippen MR) is 96.7 cm³/mol. The summed E-state index contributed by atoms with van der Waals surface area (Å²) in [5.74, 6) is -0.722. The molecule has 1 fully saturated rings. The zero-order valence-electron chi connectivity index (χ0n) is 13.1. The molecule has 0 saturated carbocycles. The largest absolute Gasteiger partial charge is 0.324 e. The highest BCUT2D eigenvalue weighted by Crippen LogP contribution is 2.30. The molecule has 2 aromatic carbocycles. The van der Waals surface area contributed by atoms with Gasteiger partial charge in [0.05, 0.1) is 16.6 Å². The van der Waals surface area contributed by atoms with E-state index in [1.165, 1.54) is 0 Å². The van der Waals surface area contributed by atoms with E-state index in [4.69, 9.17) is 23.2 Å². The Morgan fingerprint density at radius 1 is 1.17 bits per heavy atom. The Bertz CT molecular complexity index is 807. The number of amides is 2. The molecule has 1 saturated heterocycles. The number of anilines is 2. The van der Waals surface area contributed by atoms with Gasteiger partial charge in [-0.2, -0.15) is 0 Å². The first-order valence-electron chi connectivity index (χ1n) is 7.57. The van der Waals surface area contributed by atoms with E-state index in [0.29, 0.717) is 28.0 Å². The maximum Gasteiger partial charge on any atom is 0.229 e.